The van der Waals surface area contributed by atoms with Crippen molar-refractivity contribution < 1.29 is 0 Å². The predicted molar refractivity (Wildman–Crippen MR) is 131 cm³/mol. The van der Waals surface area contributed by atoms with Gasteiger partial charge in [-0.3, -0.25) is 4.90 Å². The summed E-state index contributed by atoms with van der Waals surface area (Å²) in [5.74, 6) is 1.17. The molecule has 1 fully saturated rings. The van der Waals surface area contributed by atoms with Crippen LogP contribution in [0.3, 0.4) is 0 Å². The molecule has 0 aliphatic carbocycles. The molecule has 6 rings (SSSR count). The summed E-state index contributed by atoms with van der Waals surface area (Å²) in [7, 11) is 2.21. The van der Waals surface area contributed by atoms with E-state index < -0.39 is 0 Å². The van der Waals surface area contributed by atoms with Crippen LogP contribution in [-0.4, -0.2) is 62.1 Å². The van der Waals surface area contributed by atoms with Crippen molar-refractivity contribution in [3.05, 3.63) is 83.7 Å². The molecule has 33 heavy (non-hydrogen) atoms. The summed E-state index contributed by atoms with van der Waals surface area (Å²) in [5, 5.41) is 0. The highest BCUT2D eigenvalue weighted by Gasteiger charge is 2.23. The van der Waals surface area contributed by atoms with Crippen LogP contribution in [0.4, 0.5) is 0 Å². The molecule has 0 spiro atoms. The summed E-state index contributed by atoms with van der Waals surface area (Å²) in [6, 6.07) is 18.0. The molecule has 4 heterocycles. The molecule has 0 bridgehead atoms. The number of imidazole rings is 2. The molecule has 2 aromatic carbocycles. The normalized spacial score (nSPS) is 19.7. The van der Waals surface area contributed by atoms with Gasteiger partial charge in [-0.1, -0.05) is 36.4 Å². The third kappa shape index (κ3) is 4.09. The maximum Gasteiger partial charge on any atom is 0.124 e. The van der Waals surface area contributed by atoms with E-state index in [4.69, 9.17) is 4.98 Å². The minimum Gasteiger partial charge on any atom is -0.327 e. The Labute approximate surface area is 195 Å². The fourth-order valence-electron chi connectivity index (χ4n) is 5.42. The summed E-state index contributed by atoms with van der Waals surface area (Å²) in [6.45, 7) is 6.20. The zero-order valence-corrected chi connectivity index (χ0v) is 19.4. The number of aryl methyl sites for hydroxylation is 1. The Morgan fingerprint density at radius 1 is 0.970 bits per heavy atom. The predicted octanol–water partition coefficient (Wildman–Crippen LogP) is 3.95. The van der Waals surface area contributed by atoms with E-state index in [1.54, 1.807) is 0 Å². The van der Waals surface area contributed by atoms with Crippen molar-refractivity contribution in [3.8, 4) is 0 Å². The Hall–Kier alpha value is -2.96. The number of aromatic nitrogens is 4. The van der Waals surface area contributed by atoms with E-state index in [-0.39, 0.29) is 0 Å². The van der Waals surface area contributed by atoms with Gasteiger partial charge in [-0.2, -0.15) is 0 Å². The second-order valence-corrected chi connectivity index (χ2v) is 9.63. The molecule has 4 aromatic rings. The molecule has 2 aliphatic rings. The topological polar surface area (TPSA) is 42.1 Å². The summed E-state index contributed by atoms with van der Waals surface area (Å²) in [5.41, 5.74) is 6.35. The summed E-state index contributed by atoms with van der Waals surface area (Å²) in [4.78, 5) is 14.6. The molecular formula is C27H32N6. The highest BCUT2D eigenvalue weighted by molar-refractivity contribution is 5.77. The lowest BCUT2D eigenvalue weighted by Gasteiger charge is -2.32. The lowest BCUT2D eigenvalue weighted by Crippen LogP contribution is -2.44. The van der Waals surface area contributed by atoms with Crippen molar-refractivity contribution in [2.45, 2.75) is 38.4 Å². The average molecular weight is 441 g/mol. The van der Waals surface area contributed by atoms with Crippen molar-refractivity contribution in [1.29, 1.82) is 0 Å². The average Bonchev–Trinajstić information content (AvgIpc) is 3.46. The van der Waals surface area contributed by atoms with Crippen LogP contribution < -0.4 is 0 Å². The Kier molecular flexibility index (Phi) is 5.48. The lowest BCUT2D eigenvalue weighted by atomic mass is 9.96. The van der Waals surface area contributed by atoms with E-state index in [1.165, 1.54) is 34.6 Å². The number of nitrogens with zero attached hydrogens (tertiary/aromatic N) is 6. The van der Waals surface area contributed by atoms with Gasteiger partial charge in [-0.25, -0.2) is 9.97 Å². The molecule has 0 saturated carbocycles. The molecule has 170 valence electrons. The summed E-state index contributed by atoms with van der Waals surface area (Å²) < 4.78 is 4.78. The van der Waals surface area contributed by atoms with E-state index in [1.807, 2.05) is 12.5 Å². The summed E-state index contributed by atoms with van der Waals surface area (Å²) in [6.07, 6.45) is 7.52. The Balaban J connectivity index is 1.37. The molecule has 2 aromatic heterocycles. The van der Waals surface area contributed by atoms with Crippen LogP contribution in [0.25, 0.3) is 11.0 Å². The van der Waals surface area contributed by atoms with E-state index in [9.17, 15) is 0 Å². The first-order valence-corrected chi connectivity index (χ1v) is 12.2. The molecule has 0 amide bonds. The van der Waals surface area contributed by atoms with E-state index in [0.717, 1.165) is 57.6 Å². The van der Waals surface area contributed by atoms with Crippen LogP contribution in [0.1, 0.15) is 41.5 Å². The molecule has 1 atom stereocenters. The van der Waals surface area contributed by atoms with Crippen LogP contribution in [-0.2, 0) is 19.5 Å². The molecule has 6 heteroatoms. The van der Waals surface area contributed by atoms with Crippen molar-refractivity contribution in [3.63, 3.8) is 0 Å². The number of rotatable bonds is 5. The van der Waals surface area contributed by atoms with Gasteiger partial charge in [-0.05, 0) is 49.6 Å². The lowest BCUT2D eigenvalue weighted by molar-refractivity contribution is 0.144. The first kappa shape index (κ1) is 20.6. The number of hydrogen-bond donors (Lipinski definition) is 0. The monoisotopic (exact) mass is 440 g/mol. The third-order valence-electron chi connectivity index (χ3n) is 7.37. The number of fused-ring (bicyclic) bond motifs is 2. The number of hydrogen-bond acceptors (Lipinski definition) is 4. The largest absolute Gasteiger partial charge is 0.327 e. The first-order valence-electron chi connectivity index (χ1n) is 12.2. The first-order chi connectivity index (χ1) is 16.2. The molecule has 0 radical (unpaired) electrons. The van der Waals surface area contributed by atoms with Gasteiger partial charge in [0.15, 0.2) is 0 Å². The van der Waals surface area contributed by atoms with Crippen LogP contribution in [0.2, 0.25) is 0 Å². The van der Waals surface area contributed by atoms with Crippen LogP contribution in [0.5, 0.6) is 0 Å². The van der Waals surface area contributed by atoms with Gasteiger partial charge in [-0.15, -0.1) is 0 Å². The number of likely N-dealkylation sites (N-methyl/N-ethyl adjacent to an activating group) is 1. The molecule has 1 unspecified atom stereocenters. The van der Waals surface area contributed by atoms with Gasteiger partial charge >= 0.3 is 0 Å². The highest BCUT2D eigenvalue weighted by atomic mass is 15.3. The molecule has 6 nitrogen and oxygen atoms in total. The SMILES string of the molecule is CN1CCN(Cc2nc3cc(C4CCCc5cncn54)ccc3n2Cc2ccccc2)CC1. The quantitative estimate of drug-likeness (QED) is 0.471. The van der Waals surface area contributed by atoms with E-state index >= 15 is 0 Å². The summed E-state index contributed by atoms with van der Waals surface area (Å²) >= 11 is 0. The van der Waals surface area contributed by atoms with Crippen molar-refractivity contribution >= 4 is 11.0 Å². The van der Waals surface area contributed by atoms with Crippen LogP contribution in [0.15, 0.2) is 61.1 Å². The van der Waals surface area contributed by atoms with Crippen LogP contribution in [0, 0.1) is 0 Å². The molecular weight excluding hydrogens is 408 g/mol. The second kappa shape index (κ2) is 8.76. The van der Waals surface area contributed by atoms with E-state index in [2.05, 4.69) is 79.5 Å². The van der Waals surface area contributed by atoms with Crippen molar-refractivity contribution in [1.82, 2.24) is 28.9 Å². The van der Waals surface area contributed by atoms with Gasteiger partial charge in [0.05, 0.1) is 29.9 Å². The van der Waals surface area contributed by atoms with Crippen molar-refractivity contribution in [2.24, 2.45) is 0 Å². The molecule has 0 N–H and O–H groups in total. The fourth-order valence-corrected chi connectivity index (χ4v) is 5.42. The molecule has 2 aliphatic heterocycles. The standard InChI is InChI=1S/C27H32N6/c1-30-12-14-31(15-13-30)19-27-29-24-16-22(25-9-5-8-23-17-28-20-33(23)25)10-11-26(24)32(27)18-21-6-3-2-4-7-21/h2-4,6-7,10-11,16-17,20,25H,5,8-9,12-15,18-19H2,1H3. The van der Waals surface area contributed by atoms with Crippen molar-refractivity contribution in [2.75, 3.05) is 33.2 Å². The maximum atomic E-state index is 5.20. The zero-order valence-electron chi connectivity index (χ0n) is 19.4. The number of benzene rings is 2. The minimum absolute atomic E-state index is 0.362. The Bertz CT molecular complexity index is 1230. The van der Waals surface area contributed by atoms with Gasteiger partial charge < -0.3 is 14.0 Å². The zero-order chi connectivity index (χ0) is 22.2. The Morgan fingerprint density at radius 2 is 1.82 bits per heavy atom. The fraction of sp³-hybridized carbons (Fsp3) is 0.407. The molecule has 1 saturated heterocycles. The third-order valence-corrected chi connectivity index (χ3v) is 7.37. The van der Waals surface area contributed by atoms with Gasteiger partial charge in [0.1, 0.15) is 5.82 Å². The maximum absolute atomic E-state index is 5.20. The Morgan fingerprint density at radius 3 is 2.67 bits per heavy atom. The van der Waals surface area contributed by atoms with E-state index in [0.29, 0.717) is 6.04 Å². The smallest absolute Gasteiger partial charge is 0.124 e. The highest BCUT2D eigenvalue weighted by Crippen LogP contribution is 2.32. The second-order valence-electron chi connectivity index (χ2n) is 9.63. The van der Waals surface area contributed by atoms with Gasteiger partial charge in [0, 0.05) is 44.6 Å². The number of piperazine rings is 1. The minimum atomic E-state index is 0.362. The van der Waals surface area contributed by atoms with Crippen LogP contribution >= 0.6 is 0 Å². The van der Waals surface area contributed by atoms with Gasteiger partial charge in [0.2, 0.25) is 0 Å². The van der Waals surface area contributed by atoms with Gasteiger partial charge in [0.25, 0.3) is 0 Å².